The van der Waals surface area contributed by atoms with Crippen LogP contribution in [0.1, 0.15) is 44.9 Å². The Labute approximate surface area is 183 Å². The van der Waals surface area contributed by atoms with Gasteiger partial charge in [0.05, 0.1) is 50.3 Å². The van der Waals surface area contributed by atoms with Crippen molar-refractivity contribution in [1.82, 2.24) is 19.2 Å². The highest BCUT2D eigenvalue weighted by molar-refractivity contribution is 7.89. The number of aliphatic hydroxyl groups is 1. The number of nitrogens with zero attached hydrogens (tertiary/aromatic N) is 3. The Morgan fingerprint density at radius 1 is 1.26 bits per heavy atom. The Hall–Kier alpha value is -1.53. The normalized spacial score (nSPS) is 31.0. The van der Waals surface area contributed by atoms with Crippen molar-refractivity contribution in [2.24, 2.45) is 7.05 Å². The maximum absolute atomic E-state index is 13.3. The molecule has 0 spiro atoms. The van der Waals surface area contributed by atoms with Crippen LogP contribution in [0.3, 0.4) is 0 Å². The Balaban J connectivity index is 1.46. The molecular weight excluding hydrogens is 424 g/mol. The van der Waals surface area contributed by atoms with Crippen LogP contribution in [0.4, 0.5) is 0 Å². The Kier molecular flexibility index (Phi) is 6.97. The fraction of sp³-hybridized carbons (Fsp3) is 0.800. The van der Waals surface area contributed by atoms with Gasteiger partial charge in [0.1, 0.15) is 0 Å². The van der Waals surface area contributed by atoms with Gasteiger partial charge in [-0.2, -0.15) is 4.31 Å². The molecule has 0 unspecified atom stereocenters. The number of aromatic nitrogens is 2. The van der Waals surface area contributed by atoms with Gasteiger partial charge < -0.3 is 24.5 Å². The highest BCUT2D eigenvalue weighted by Crippen LogP contribution is 2.31. The molecule has 1 aromatic heterocycles. The number of fused-ring (bicyclic) bond motifs is 1. The lowest BCUT2D eigenvalue weighted by atomic mass is 9.96. The number of ether oxygens (including phenoxy) is 2. The minimum atomic E-state index is -3.91. The Bertz CT molecular complexity index is 869. The SMILES string of the molecule is Cn1cnc(S(=O)(=O)N2C[C@H](O)COC[C@H]3O[C@H](CC(=O)NC4CCCC4)CC[C@@H]32)c1. The third kappa shape index (κ3) is 5.28. The number of amides is 1. The second kappa shape index (κ2) is 9.53. The maximum atomic E-state index is 13.3. The van der Waals surface area contributed by atoms with Crippen LogP contribution in [-0.2, 0) is 31.3 Å². The van der Waals surface area contributed by atoms with E-state index in [1.54, 1.807) is 11.6 Å². The average Bonchev–Trinajstić information content (AvgIpc) is 3.37. The molecule has 0 radical (unpaired) electrons. The van der Waals surface area contributed by atoms with Gasteiger partial charge in [0.15, 0.2) is 5.03 Å². The molecule has 4 atom stereocenters. The van der Waals surface area contributed by atoms with Gasteiger partial charge in [-0.05, 0) is 25.7 Å². The fourth-order valence-electron chi connectivity index (χ4n) is 4.78. The van der Waals surface area contributed by atoms with E-state index in [-0.39, 0.29) is 49.3 Å². The summed E-state index contributed by atoms with van der Waals surface area (Å²) in [5.74, 6) is -0.0181. The van der Waals surface area contributed by atoms with Gasteiger partial charge in [0.2, 0.25) is 5.91 Å². The first-order valence-corrected chi connectivity index (χ1v) is 12.5. The number of aryl methyl sites for hydroxylation is 1. The average molecular weight is 457 g/mol. The number of nitrogens with one attached hydrogen (secondary N) is 1. The van der Waals surface area contributed by atoms with E-state index in [9.17, 15) is 18.3 Å². The minimum Gasteiger partial charge on any atom is -0.389 e. The van der Waals surface area contributed by atoms with E-state index < -0.39 is 28.3 Å². The number of β-amino-alcohol motifs (C(OH)–C–C–N with tert-alkyl or cyclic N) is 1. The number of sulfonamides is 1. The lowest BCUT2D eigenvalue weighted by molar-refractivity contribution is -0.146. The molecule has 4 rings (SSSR count). The highest BCUT2D eigenvalue weighted by atomic mass is 32.2. The predicted octanol–water partition coefficient (Wildman–Crippen LogP) is 0.167. The van der Waals surface area contributed by atoms with E-state index in [2.05, 4.69) is 10.3 Å². The molecule has 2 aliphatic heterocycles. The molecule has 3 aliphatic rings. The summed E-state index contributed by atoms with van der Waals surface area (Å²) in [5, 5.41) is 13.3. The van der Waals surface area contributed by atoms with Gasteiger partial charge in [0, 0.05) is 25.8 Å². The van der Waals surface area contributed by atoms with E-state index in [4.69, 9.17) is 9.47 Å². The third-order valence-corrected chi connectivity index (χ3v) is 8.10. The molecule has 1 aromatic rings. The van der Waals surface area contributed by atoms with E-state index in [1.807, 2.05) is 0 Å². The number of carbonyl (C=O) groups is 1. The lowest BCUT2D eigenvalue weighted by Crippen LogP contribution is -2.57. The molecule has 3 heterocycles. The molecule has 0 bridgehead atoms. The first kappa shape index (κ1) is 22.7. The van der Waals surface area contributed by atoms with Gasteiger partial charge in [-0.3, -0.25) is 4.79 Å². The van der Waals surface area contributed by atoms with E-state index in [1.165, 1.54) is 16.8 Å². The van der Waals surface area contributed by atoms with Crippen LogP contribution < -0.4 is 5.32 Å². The van der Waals surface area contributed by atoms with Gasteiger partial charge in [-0.1, -0.05) is 12.8 Å². The number of imidazole rings is 1. The summed E-state index contributed by atoms with van der Waals surface area (Å²) in [6.45, 7) is 0.0978. The minimum absolute atomic E-state index is 0.0181. The topological polar surface area (TPSA) is 123 Å². The van der Waals surface area contributed by atoms with Crippen LogP contribution in [-0.4, -0.2) is 83.4 Å². The summed E-state index contributed by atoms with van der Waals surface area (Å²) >= 11 is 0. The third-order valence-electron chi connectivity index (χ3n) is 6.32. The fourth-order valence-corrected chi connectivity index (χ4v) is 6.46. The van der Waals surface area contributed by atoms with Gasteiger partial charge in [-0.15, -0.1) is 0 Å². The van der Waals surface area contributed by atoms with Crippen LogP contribution in [0.5, 0.6) is 0 Å². The summed E-state index contributed by atoms with van der Waals surface area (Å²) < 4.78 is 41.2. The molecule has 0 aromatic carbocycles. The van der Waals surface area contributed by atoms with E-state index >= 15 is 0 Å². The van der Waals surface area contributed by atoms with Crippen LogP contribution in [0.15, 0.2) is 17.6 Å². The standard InChI is InChI=1S/C20H32N4O6S/c1-23-10-20(21-13-23)31(27,28)24-9-15(25)11-29-12-18-17(24)7-6-16(30-18)8-19(26)22-14-4-2-3-5-14/h10,13-18,25H,2-9,11-12H2,1H3,(H,22,26)/t15-,16-,17-,18+/m0/s1. The van der Waals surface area contributed by atoms with Crippen molar-refractivity contribution >= 4 is 15.9 Å². The molecular formula is C20H32N4O6S. The van der Waals surface area contributed by atoms with Crippen molar-refractivity contribution < 1.29 is 27.8 Å². The summed E-state index contributed by atoms with van der Waals surface area (Å²) in [5.41, 5.74) is 0. The van der Waals surface area contributed by atoms with E-state index in [0.29, 0.717) is 12.8 Å². The highest BCUT2D eigenvalue weighted by Gasteiger charge is 2.44. The smallest absolute Gasteiger partial charge is 0.262 e. The zero-order valence-corrected chi connectivity index (χ0v) is 18.7. The van der Waals surface area contributed by atoms with Crippen molar-refractivity contribution in [1.29, 1.82) is 0 Å². The summed E-state index contributed by atoms with van der Waals surface area (Å²) in [4.78, 5) is 16.4. The number of aliphatic hydroxyl groups excluding tert-OH is 1. The first-order chi connectivity index (χ1) is 14.8. The molecule has 2 saturated heterocycles. The largest absolute Gasteiger partial charge is 0.389 e. The molecule has 2 N–H and O–H groups in total. The summed E-state index contributed by atoms with van der Waals surface area (Å²) in [6.07, 6.45) is 6.85. The number of hydrogen-bond donors (Lipinski definition) is 2. The zero-order valence-electron chi connectivity index (χ0n) is 17.9. The van der Waals surface area contributed by atoms with Crippen LogP contribution in [0.2, 0.25) is 0 Å². The van der Waals surface area contributed by atoms with Crippen molar-refractivity contribution in [2.75, 3.05) is 19.8 Å². The van der Waals surface area contributed by atoms with Crippen LogP contribution in [0, 0.1) is 0 Å². The number of rotatable bonds is 5. The van der Waals surface area contributed by atoms with Crippen molar-refractivity contribution in [3.05, 3.63) is 12.5 Å². The summed E-state index contributed by atoms with van der Waals surface area (Å²) in [7, 11) is -2.21. The molecule has 3 fully saturated rings. The molecule has 31 heavy (non-hydrogen) atoms. The predicted molar refractivity (Wildman–Crippen MR) is 111 cm³/mol. The Morgan fingerprint density at radius 3 is 2.74 bits per heavy atom. The molecule has 10 nitrogen and oxygen atoms in total. The maximum Gasteiger partial charge on any atom is 0.262 e. The number of carbonyl (C=O) groups excluding carboxylic acids is 1. The Morgan fingerprint density at radius 2 is 2.03 bits per heavy atom. The van der Waals surface area contributed by atoms with Crippen molar-refractivity contribution in [3.63, 3.8) is 0 Å². The second-order valence-corrected chi connectivity index (χ2v) is 10.7. The molecule has 1 amide bonds. The van der Waals surface area contributed by atoms with Gasteiger partial charge in [-0.25, -0.2) is 13.4 Å². The molecule has 1 saturated carbocycles. The molecule has 1 aliphatic carbocycles. The van der Waals surface area contributed by atoms with Gasteiger partial charge >= 0.3 is 0 Å². The van der Waals surface area contributed by atoms with Gasteiger partial charge in [0.25, 0.3) is 10.0 Å². The summed E-state index contributed by atoms with van der Waals surface area (Å²) in [6, 6.07) is -0.231. The number of hydrogen-bond acceptors (Lipinski definition) is 7. The monoisotopic (exact) mass is 456 g/mol. The quantitative estimate of drug-likeness (QED) is 0.647. The molecule has 11 heteroatoms. The van der Waals surface area contributed by atoms with Crippen LogP contribution >= 0.6 is 0 Å². The van der Waals surface area contributed by atoms with E-state index in [0.717, 1.165) is 25.7 Å². The van der Waals surface area contributed by atoms with Crippen LogP contribution in [0.25, 0.3) is 0 Å². The lowest BCUT2D eigenvalue weighted by Gasteiger charge is -2.43. The second-order valence-electron chi connectivity index (χ2n) is 8.84. The van der Waals surface area contributed by atoms with Crippen molar-refractivity contribution in [2.45, 2.75) is 80.4 Å². The van der Waals surface area contributed by atoms with Crippen molar-refractivity contribution in [3.8, 4) is 0 Å². The molecule has 174 valence electrons. The zero-order chi connectivity index (χ0) is 22.0. The first-order valence-electron chi connectivity index (χ1n) is 11.0.